The van der Waals surface area contributed by atoms with Gasteiger partial charge in [-0.05, 0) is 42.7 Å². The molecule has 1 saturated carbocycles. The van der Waals surface area contributed by atoms with Crippen LogP contribution in [0.25, 0.3) is 0 Å². The van der Waals surface area contributed by atoms with Gasteiger partial charge in [0.2, 0.25) is 17.7 Å². The molecular formula is C24H27N3O4. The summed E-state index contributed by atoms with van der Waals surface area (Å²) in [7, 11) is 1.54. The predicted octanol–water partition coefficient (Wildman–Crippen LogP) is 3.43. The van der Waals surface area contributed by atoms with E-state index in [1.807, 2.05) is 0 Å². The Balaban J connectivity index is 1.69. The van der Waals surface area contributed by atoms with E-state index in [2.05, 4.69) is 16.0 Å². The summed E-state index contributed by atoms with van der Waals surface area (Å²) in [5.74, 6) is -2.97. The quantitative estimate of drug-likeness (QED) is 0.645. The lowest BCUT2D eigenvalue weighted by Gasteiger charge is -2.28. The SMILES string of the molecule is COc1cccc(C(C(=O)NC2CCCCC2)C2C(=O)Nc3ccccc3NC2=O)c1. The Morgan fingerprint density at radius 1 is 0.968 bits per heavy atom. The van der Waals surface area contributed by atoms with Crippen molar-refractivity contribution in [2.24, 2.45) is 5.92 Å². The van der Waals surface area contributed by atoms with Crippen molar-refractivity contribution in [2.45, 2.75) is 44.1 Å². The summed E-state index contributed by atoms with van der Waals surface area (Å²) in [5, 5.41) is 8.71. The molecule has 4 rings (SSSR count). The van der Waals surface area contributed by atoms with Crippen LogP contribution in [0.4, 0.5) is 11.4 Å². The highest BCUT2D eigenvalue weighted by atomic mass is 16.5. The molecule has 31 heavy (non-hydrogen) atoms. The van der Waals surface area contributed by atoms with Crippen molar-refractivity contribution in [2.75, 3.05) is 17.7 Å². The van der Waals surface area contributed by atoms with Crippen LogP contribution in [0, 0.1) is 5.92 Å². The second kappa shape index (κ2) is 9.20. The molecule has 0 bridgehead atoms. The molecule has 1 unspecified atom stereocenters. The van der Waals surface area contributed by atoms with Crippen LogP contribution in [-0.2, 0) is 14.4 Å². The van der Waals surface area contributed by atoms with Crippen LogP contribution in [-0.4, -0.2) is 30.9 Å². The van der Waals surface area contributed by atoms with Crippen molar-refractivity contribution >= 4 is 29.1 Å². The van der Waals surface area contributed by atoms with Crippen LogP contribution in [0.3, 0.4) is 0 Å². The third-order valence-corrected chi connectivity index (χ3v) is 6.03. The molecule has 1 atom stereocenters. The number of amides is 3. The number of nitrogens with one attached hydrogen (secondary N) is 3. The molecule has 2 aromatic rings. The number of ether oxygens (including phenoxy) is 1. The number of rotatable bonds is 5. The molecule has 1 fully saturated rings. The number of benzene rings is 2. The fourth-order valence-electron chi connectivity index (χ4n) is 4.41. The second-order valence-electron chi connectivity index (χ2n) is 8.10. The van der Waals surface area contributed by atoms with Gasteiger partial charge in [0.1, 0.15) is 11.7 Å². The van der Waals surface area contributed by atoms with Crippen LogP contribution in [0.2, 0.25) is 0 Å². The molecule has 3 N–H and O–H groups in total. The van der Waals surface area contributed by atoms with Gasteiger partial charge in [0.15, 0.2) is 0 Å². The van der Waals surface area contributed by atoms with Crippen molar-refractivity contribution in [3.8, 4) is 5.75 Å². The first kappa shape index (κ1) is 20.9. The first-order valence-electron chi connectivity index (χ1n) is 10.7. The zero-order valence-electron chi connectivity index (χ0n) is 17.5. The van der Waals surface area contributed by atoms with Crippen LogP contribution in [0.1, 0.15) is 43.6 Å². The molecule has 7 heteroatoms. The van der Waals surface area contributed by atoms with Gasteiger partial charge >= 0.3 is 0 Å². The number of fused-ring (bicyclic) bond motifs is 1. The Morgan fingerprint density at radius 2 is 1.61 bits per heavy atom. The van der Waals surface area contributed by atoms with Gasteiger partial charge in [0.05, 0.1) is 24.4 Å². The van der Waals surface area contributed by atoms with Gasteiger partial charge in [-0.15, -0.1) is 0 Å². The first-order valence-corrected chi connectivity index (χ1v) is 10.7. The van der Waals surface area contributed by atoms with Gasteiger partial charge in [-0.3, -0.25) is 14.4 Å². The van der Waals surface area contributed by atoms with E-state index < -0.39 is 23.7 Å². The molecule has 2 aliphatic rings. The zero-order chi connectivity index (χ0) is 21.8. The van der Waals surface area contributed by atoms with Gasteiger partial charge in [0.25, 0.3) is 0 Å². The highest BCUT2D eigenvalue weighted by Gasteiger charge is 2.42. The monoisotopic (exact) mass is 421 g/mol. The fourth-order valence-corrected chi connectivity index (χ4v) is 4.41. The standard InChI is InChI=1S/C24H27N3O4/c1-31-17-11-7-8-15(14-17)20(22(28)25-16-9-3-2-4-10-16)21-23(29)26-18-12-5-6-13-19(18)27-24(21)30/h5-8,11-14,16,20-21H,2-4,9-10H2,1H3,(H,25,28)(H,26,29)(H,27,30). The molecule has 0 spiro atoms. The van der Waals surface area contributed by atoms with E-state index in [1.165, 1.54) is 7.11 Å². The fraction of sp³-hybridized carbons (Fsp3) is 0.375. The van der Waals surface area contributed by atoms with Gasteiger partial charge < -0.3 is 20.7 Å². The van der Waals surface area contributed by atoms with E-state index in [-0.39, 0.29) is 11.9 Å². The summed E-state index contributed by atoms with van der Waals surface area (Å²) in [6.45, 7) is 0. The lowest BCUT2D eigenvalue weighted by molar-refractivity contribution is -0.136. The second-order valence-corrected chi connectivity index (χ2v) is 8.10. The summed E-state index contributed by atoms with van der Waals surface area (Å²) < 4.78 is 5.32. The minimum absolute atomic E-state index is 0.0588. The maximum absolute atomic E-state index is 13.5. The Kier molecular flexibility index (Phi) is 6.21. The Hall–Kier alpha value is -3.35. The molecule has 162 valence electrons. The number of hydrogen-bond acceptors (Lipinski definition) is 4. The Morgan fingerprint density at radius 3 is 2.23 bits per heavy atom. The van der Waals surface area contributed by atoms with Gasteiger partial charge in [-0.25, -0.2) is 0 Å². The maximum Gasteiger partial charge on any atom is 0.238 e. The maximum atomic E-state index is 13.5. The van der Waals surface area contributed by atoms with Crippen molar-refractivity contribution < 1.29 is 19.1 Å². The average Bonchev–Trinajstić information content (AvgIpc) is 2.90. The Labute approximate surface area is 181 Å². The first-order chi connectivity index (χ1) is 15.1. The van der Waals surface area contributed by atoms with E-state index in [0.717, 1.165) is 32.1 Å². The third kappa shape index (κ3) is 4.55. The summed E-state index contributed by atoms with van der Waals surface area (Å²) in [6.07, 6.45) is 5.11. The minimum atomic E-state index is -1.22. The van der Waals surface area contributed by atoms with Crippen LogP contribution in [0.5, 0.6) is 5.75 Å². The highest BCUT2D eigenvalue weighted by Crippen LogP contribution is 2.34. The normalized spacial score (nSPS) is 18.2. The average molecular weight is 421 g/mol. The van der Waals surface area contributed by atoms with Crippen molar-refractivity contribution in [1.82, 2.24) is 5.32 Å². The molecule has 7 nitrogen and oxygen atoms in total. The number of para-hydroxylation sites is 2. The molecule has 2 aromatic carbocycles. The molecule has 0 radical (unpaired) electrons. The van der Waals surface area contributed by atoms with E-state index in [0.29, 0.717) is 22.7 Å². The van der Waals surface area contributed by atoms with E-state index in [4.69, 9.17) is 4.74 Å². The summed E-state index contributed by atoms with van der Waals surface area (Å²) in [5.41, 5.74) is 1.59. The molecule has 1 aliphatic carbocycles. The lowest BCUT2D eigenvalue weighted by Crippen LogP contribution is -2.46. The van der Waals surface area contributed by atoms with Gasteiger partial charge in [-0.1, -0.05) is 43.5 Å². The topological polar surface area (TPSA) is 96.5 Å². The minimum Gasteiger partial charge on any atom is -0.497 e. The molecule has 0 aromatic heterocycles. The number of hydrogen-bond donors (Lipinski definition) is 3. The Bertz CT molecular complexity index is 947. The summed E-state index contributed by atoms with van der Waals surface area (Å²) >= 11 is 0. The number of methoxy groups -OCH3 is 1. The zero-order valence-corrected chi connectivity index (χ0v) is 17.5. The molecular weight excluding hydrogens is 394 g/mol. The summed E-state index contributed by atoms with van der Waals surface area (Å²) in [6, 6.07) is 14.1. The van der Waals surface area contributed by atoms with Crippen molar-refractivity contribution in [3.05, 3.63) is 54.1 Å². The number of anilines is 2. The van der Waals surface area contributed by atoms with Gasteiger partial charge in [0, 0.05) is 6.04 Å². The predicted molar refractivity (Wildman–Crippen MR) is 118 cm³/mol. The number of carbonyl (C=O) groups excluding carboxylic acids is 3. The molecule has 3 amide bonds. The van der Waals surface area contributed by atoms with Crippen molar-refractivity contribution in [1.29, 1.82) is 0 Å². The van der Waals surface area contributed by atoms with E-state index >= 15 is 0 Å². The highest BCUT2D eigenvalue weighted by molar-refractivity contribution is 6.18. The van der Waals surface area contributed by atoms with Crippen LogP contribution < -0.4 is 20.7 Å². The molecule has 1 aliphatic heterocycles. The van der Waals surface area contributed by atoms with E-state index in [9.17, 15) is 14.4 Å². The largest absolute Gasteiger partial charge is 0.497 e. The smallest absolute Gasteiger partial charge is 0.238 e. The molecule has 0 saturated heterocycles. The van der Waals surface area contributed by atoms with Crippen molar-refractivity contribution in [3.63, 3.8) is 0 Å². The lowest BCUT2D eigenvalue weighted by atomic mass is 9.83. The van der Waals surface area contributed by atoms with Crippen LogP contribution >= 0.6 is 0 Å². The number of carbonyl (C=O) groups is 3. The van der Waals surface area contributed by atoms with E-state index in [1.54, 1.807) is 48.5 Å². The summed E-state index contributed by atoms with van der Waals surface area (Å²) in [4.78, 5) is 39.8. The third-order valence-electron chi connectivity index (χ3n) is 6.03. The van der Waals surface area contributed by atoms with Crippen LogP contribution in [0.15, 0.2) is 48.5 Å². The van der Waals surface area contributed by atoms with Gasteiger partial charge in [-0.2, -0.15) is 0 Å². The molecule has 1 heterocycles.